The lowest BCUT2D eigenvalue weighted by atomic mass is 10.0. The average Bonchev–Trinajstić information content (AvgIpc) is 3.03. The van der Waals surface area contributed by atoms with Gasteiger partial charge in [0.25, 0.3) is 0 Å². The van der Waals surface area contributed by atoms with Gasteiger partial charge in [0.1, 0.15) is 0 Å². The number of nitrogens with one attached hydrogen (secondary N) is 1. The molecule has 0 aliphatic heterocycles. The molecule has 1 aliphatic rings. The molecular formula is C12H24N2O. The molecule has 1 atom stereocenters. The van der Waals surface area contributed by atoms with Gasteiger partial charge in [-0.3, -0.25) is 4.79 Å². The van der Waals surface area contributed by atoms with Crippen LogP contribution in [0.15, 0.2) is 0 Å². The molecule has 0 saturated heterocycles. The van der Waals surface area contributed by atoms with Gasteiger partial charge in [0.2, 0.25) is 5.91 Å². The van der Waals surface area contributed by atoms with E-state index in [0.29, 0.717) is 12.0 Å². The molecule has 1 saturated carbocycles. The van der Waals surface area contributed by atoms with Crippen LogP contribution in [0.3, 0.4) is 0 Å². The number of hydrogen-bond donors (Lipinski definition) is 2. The monoisotopic (exact) mass is 212 g/mol. The van der Waals surface area contributed by atoms with Crippen LogP contribution in [-0.2, 0) is 4.79 Å². The van der Waals surface area contributed by atoms with E-state index in [2.05, 4.69) is 12.2 Å². The molecule has 0 spiro atoms. The Morgan fingerprint density at radius 2 is 2.20 bits per heavy atom. The van der Waals surface area contributed by atoms with Crippen molar-refractivity contribution < 1.29 is 4.79 Å². The van der Waals surface area contributed by atoms with Crippen LogP contribution in [0.4, 0.5) is 0 Å². The van der Waals surface area contributed by atoms with Gasteiger partial charge in [-0.1, -0.05) is 13.8 Å². The van der Waals surface area contributed by atoms with E-state index in [1.807, 2.05) is 6.92 Å². The summed E-state index contributed by atoms with van der Waals surface area (Å²) in [5, 5.41) is 3.07. The number of nitrogens with two attached hydrogens (primary N) is 1. The summed E-state index contributed by atoms with van der Waals surface area (Å²) in [6.07, 6.45) is 5.58. The number of carbonyl (C=O) groups is 1. The molecule has 3 N–H and O–H groups in total. The first-order valence-corrected chi connectivity index (χ1v) is 6.11. The zero-order valence-corrected chi connectivity index (χ0v) is 10.0. The van der Waals surface area contributed by atoms with Crippen molar-refractivity contribution in [2.45, 2.75) is 46.0 Å². The van der Waals surface area contributed by atoms with Crippen LogP contribution >= 0.6 is 0 Å². The molecule has 0 aromatic rings. The second-order valence-corrected chi connectivity index (χ2v) is 4.90. The molecule has 0 heterocycles. The third kappa shape index (κ3) is 3.82. The van der Waals surface area contributed by atoms with Crippen molar-refractivity contribution in [2.24, 2.45) is 17.1 Å². The fourth-order valence-electron chi connectivity index (χ4n) is 1.84. The fraction of sp³-hybridized carbons (Fsp3) is 0.917. The summed E-state index contributed by atoms with van der Waals surface area (Å²) in [7, 11) is 0. The number of carbonyl (C=O) groups excluding carboxylic acids is 1. The third-order valence-corrected chi connectivity index (χ3v) is 3.63. The molecule has 1 rings (SSSR count). The van der Waals surface area contributed by atoms with Crippen molar-refractivity contribution in [1.29, 1.82) is 0 Å². The van der Waals surface area contributed by atoms with Crippen LogP contribution in [0.1, 0.15) is 46.0 Å². The molecule has 15 heavy (non-hydrogen) atoms. The van der Waals surface area contributed by atoms with E-state index >= 15 is 0 Å². The van der Waals surface area contributed by atoms with Crippen molar-refractivity contribution >= 4 is 5.91 Å². The molecule has 1 fully saturated rings. The smallest absolute Gasteiger partial charge is 0.222 e. The van der Waals surface area contributed by atoms with Gasteiger partial charge in [0, 0.05) is 12.5 Å². The van der Waals surface area contributed by atoms with Gasteiger partial charge in [-0.05, 0) is 44.1 Å². The zero-order valence-electron chi connectivity index (χ0n) is 10.0. The normalized spacial score (nSPS) is 19.7. The van der Waals surface area contributed by atoms with Crippen molar-refractivity contribution in [3.8, 4) is 0 Å². The molecule has 0 bridgehead atoms. The van der Waals surface area contributed by atoms with E-state index in [4.69, 9.17) is 5.73 Å². The Morgan fingerprint density at radius 1 is 1.53 bits per heavy atom. The quantitative estimate of drug-likeness (QED) is 0.674. The van der Waals surface area contributed by atoms with Crippen molar-refractivity contribution in [3.63, 3.8) is 0 Å². The summed E-state index contributed by atoms with van der Waals surface area (Å²) in [5.41, 5.74) is 5.87. The molecule has 1 aliphatic carbocycles. The van der Waals surface area contributed by atoms with E-state index in [9.17, 15) is 4.79 Å². The zero-order chi connectivity index (χ0) is 11.3. The standard InChI is InChI=1S/C12H24N2O/c1-3-12(6-7-12)9-14-11(15)10(2)5-4-8-13/h10H,3-9,13H2,1-2H3,(H,14,15). The predicted molar refractivity (Wildman–Crippen MR) is 62.4 cm³/mol. The highest BCUT2D eigenvalue weighted by molar-refractivity contribution is 5.78. The van der Waals surface area contributed by atoms with Gasteiger partial charge < -0.3 is 11.1 Å². The molecule has 0 aromatic heterocycles. The summed E-state index contributed by atoms with van der Waals surface area (Å²) in [6.45, 7) is 5.74. The second-order valence-electron chi connectivity index (χ2n) is 4.90. The van der Waals surface area contributed by atoms with E-state index < -0.39 is 0 Å². The lowest BCUT2D eigenvalue weighted by Crippen LogP contribution is -2.34. The summed E-state index contributed by atoms with van der Waals surface area (Å²) in [4.78, 5) is 11.7. The Labute approximate surface area is 92.8 Å². The van der Waals surface area contributed by atoms with Crippen LogP contribution in [0.2, 0.25) is 0 Å². The maximum atomic E-state index is 11.7. The van der Waals surface area contributed by atoms with Crippen molar-refractivity contribution in [1.82, 2.24) is 5.32 Å². The van der Waals surface area contributed by atoms with Gasteiger partial charge in [0.15, 0.2) is 0 Å². The second kappa shape index (κ2) is 5.50. The Balaban J connectivity index is 2.17. The van der Waals surface area contributed by atoms with E-state index in [0.717, 1.165) is 19.4 Å². The molecule has 3 heteroatoms. The summed E-state index contributed by atoms with van der Waals surface area (Å²) >= 11 is 0. The SMILES string of the molecule is CCC1(CNC(=O)C(C)CCCN)CC1. The first-order valence-electron chi connectivity index (χ1n) is 6.11. The first kappa shape index (κ1) is 12.5. The van der Waals surface area contributed by atoms with Gasteiger partial charge >= 0.3 is 0 Å². The molecule has 1 unspecified atom stereocenters. The molecular weight excluding hydrogens is 188 g/mol. The van der Waals surface area contributed by atoms with Crippen molar-refractivity contribution in [3.05, 3.63) is 0 Å². The van der Waals surface area contributed by atoms with Gasteiger partial charge in [-0.25, -0.2) is 0 Å². The Bertz CT molecular complexity index is 212. The lowest BCUT2D eigenvalue weighted by Gasteiger charge is -2.16. The minimum absolute atomic E-state index is 0.112. The average molecular weight is 212 g/mol. The Hall–Kier alpha value is -0.570. The summed E-state index contributed by atoms with van der Waals surface area (Å²) in [5.74, 6) is 0.310. The van der Waals surface area contributed by atoms with Crippen molar-refractivity contribution in [2.75, 3.05) is 13.1 Å². The number of hydrogen-bond acceptors (Lipinski definition) is 2. The van der Waals surface area contributed by atoms with E-state index in [-0.39, 0.29) is 11.8 Å². The predicted octanol–water partition coefficient (Wildman–Crippen LogP) is 1.67. The summed E-state index contributed by atoms with van der Waals surface area (Å²) in [6, 6.07) is 0. The Kier molecular flexibility index (Phi) is 4.58. The highest BCUT2D eigenvalue weighted by Gasteiger charge is 2.40. The van der Waals surface area contributed by atoms with Gasteiger partial charge in [-0.15, -0.1) is 0 Å². The van der Waals surface area contributed by atoms with Crippen LogP contribution in [0.5, 0.6) is 0 Å². The fourth-order valence-corrected chi connectivity index (χ4v) is 1.84. The third-order valence-electron chi connectivity index (χ3n) is 3.63. The topological polar surface area (TPSA) is 55.1 Å². The van der Waals surface area contributed by atoms with E-state index in [1.54, 1.807) is 0 Å². The minimum Gasteiger partial charge on any atom is -0.355 e. The number of rotatable bonds is 7. The van der Waals surface area contributed by atoms with E-state index in [1.165, 1.54) is 19.3 Å². The minimum atomic E-state index is 0.112. The van der Waals surface area contributed by atoms with Crippen LogP contribution < -0.4 is 11.1 Å². The maximum absolute atomic E-state index is 11.7. The maximum Gasteiger partial charge on any atom is 0.222 e. The molecule has 0 aromatic carbocycles. The van der Waals surface area contributed by atoms with Gasteiger partial charge in [0.05, 0.1) is 0 Å². The first-order chi connectivity index (χ1) is 7.13. The van der Waals surface area contributed by atoms with Crippen LogP contribution in [-0.4, -0.2) is 19.0 Å². The Morgan fingerprint density at radius 3 is 2.67 bits per heavy atom. The molecule has 3 nitrogen and oxygen atoms in total. The molecule has 88 valence electrons. The van der Waals surface area contributed by atoms with Crippen LogP contribution in [0, 0.1) is 11.3 Å². The molecule has 1 amide bonds. The molecule has 0 radical (unpaired) electrons. The highest BCUT2D eigenvalue weighted by atomic mass is 16.1. The van der Waals surface area contributed by atoms with Crippen LogP contribution in [0.25, 0.3) is 0 Å². The largest absolute Gasteiger partial charge is 0.355 e. The van der Waals surface area contributed by atoms with Gasteiger partial charge in [-0.2, -0.15) is 0 Å². The highest BCUT2D eigenvalue weighted by Crippen LogP contribution is 2.47. The number of amides is 1. The summed E-state index contributed by atoms with van der Waals surface area (Å²) < 4.78 is 0. The lowest BCUT2D eigenvalue weighted by molar-refractivity contribution is -0.124.